The lowest BCUT2D eigenvalue weighted by atomic mass is 10.0. The third-order valence-electron chi connectivity index (χ3n) is 3.40. The molecule has 0 aliphatic carbocycles. The molecule has 26 heavy (non-hydrogen) atoms. The van der Waals surface area contributed by atoms with Gasteiger partial charge in [-0.1, -0.05) is 46.4 Å². The number of methoxy groups -OCH3 is 1. The van der Waals surface area contributed by atoms with E-state index < -0.39 is 15.7 Å². The molecule has 1 heterocycles. The van der Waals surface area contributed by atoms with Gasteiger partial charge in [-0.15, -0.1) is 11.3 Å². The number of halogens is 3. The van der Waals surface area contributed by atoms with Crippen molar-refractivity contribution in [2.24, 2.45) is 0 Å². The lowest BCUT2D eigenvalue weighted by Gasteiger charge is -2.13. The van der Waals surface area contributed by atoms with Crippen LogP contribution in [0.15, 0.2) is 23.6 Å². The van der Waals surface area contributed by atoms with Crippen molar-refractivity contribution in [3.8, 4) is 16.9 Å². The highest BCUT2D eigenvalue weighted by Gasteiger charge is 2.33. The van der Waals surface area contributed by atoms with Crippen LogP contribution in [0.2, 0.25) is 0 Å². The van der Waals surface area contributed by atoms with Gasteiger partial charge in [0.15, 0.2) is 0 Å². The van der Waals surface area contributed by atoms with Crippen molar-refractivity contribution >= 4 is 63.0 Å². The molecule has 0 unspecified atom stereocenters. The number of hydrogen-bond donors (Lipinski definition) is 1. The summed E-state index contributed by atoms with van der Waals surface area (Å²) < 4.78 is 8.38. The highest BCUT2D eigenvalue weighted by Crippen LogP contribution is 2.41. The summed E-state index contributed by atoms with van der Waals surface area (Å²) >= 11 is 17.9. The van der Waals surface area contributed by atoms with Gasteiger partial charge in [-0.25, -0.2) is 4.79 Å². The fraction of sp³-hybridized carbons (Fsp3) is 0.294. The van der Waals surface area contributed by atoms with Gasteiger partial charge in [-0.2, -0.15) is 0 Å². The molecule has 0 saturated carbocycles. The lowest BCUT2D eigenvalue weighted by molar-refractivity contribution is -0.115. The van der Waals surface area contributed by atoms with Gasteiger partial charge < -0.3 is 14.8 Å². The number of rotatable bonds is 5. The topological polar surface area (TPSA) is 64.6 Å². The quantitative estimate of drug-likeness (QED) is 0.516. The van der Waals surface area contributed by atoms with E-state index in [1.165, 1.54) is 7.11 Å². The van der Waals surface area contributed by atoms with Crippen LogP contribution in [-0.2, 0) is 9.53 Å². The van der Waals surface area contributed by atoms with Crippen molar-refractivity contribution in [2.75, 3.05) is 19.0 Å². The molecule has 2 aromatic rings. The number of anilines is 1. The van der Waals surface area contributed by atoms with Crippen molar-refractivity contribution in [2.45, 2.75) is 17.6 Å². The molecule has 140 valence electrons. The van der Waals surface area contributed by atoms with E-state index >= 15 is 0 Å². The predicted molar refractivity (Wildman–Crippen MR) is 106 cm³/mol. The summed E-state index contributed by atoms with van der Waals surface area (Å²) in [7, 11) is 1.54. The summed E-state index contributed by atoms with van der Waals surface area (Å²) in [5.74, 6) is -0.872. The Hall–Kier alpha value is -1.47. The van der Waals surface area contributed by atoms with Crippen LogP contribution in [0, 0.1) is 6.92 Å². The molecule has 1 amide bonds. The summed E-state index contributed by atoms with van der Waals surface area (Å²) in [5.41, 5.74) is 2.42. The minimum atomic E-state index is -2.16. The van der Waals surface area contributed by atoms with Crippen LogP contribution in [0.25, 0.3) is 11.1 Å². The maximum absolute atomic E-state index is 12.5. The zero-order chi connectivity index (χ0) is 19.5. The van der Waals surface area contributed by atoms with Crippen molar-refractivity contribution in [1.82, 2.24) is 0 Å². The van der Waals surface area contributed by atoms with E-state index in [-0.39, 0.29) is 17.2 Å². The second-order valence-corrected chi connectivity index (χ2v) is 8.39. The van der Waals surface area contributed by atoms with Crippen LogP contribution >= 0.6 is 46.1 Å². The molecule has 0 fully saturated rings. The van der Waals surface area contributed by atoms with Crippen LogP contribution in [0.4, 0.5) is 5.00 Å². The third-order valence-corrected chi connectivity index (χ3v) is 4.81. The zero-order valence-corrected chi connectivity index (χ0v) is 17.3. The summed E-state index contributed by atoms with van der Waals surface area (Å²) in [6, 6.07) is 5.57. The number of esters is 1. The Morgan fingerprint density at radius 1 is 1.23 bits per heavy atom. The molecule has 2 rings (SSSR count). The van der Waals surface area contributed by atoms with Crippen LogP contribution in [0.3, 0.4) is 0 Å². The zero-order valence-electron chi connectivity index (χ0n) is 14.2. The number of benzene rings is 1. The molecular formula is C17H16Cl3NO4S. The predicted octanol–water partition coefficient (Wildman–Crippen LogP) is 5.22. The molecule has 0 spiro atoms. The molecule has 0 saturated heterocycles. The van der Waals surface area contributed by atoms with E-state index in [1.54, 1.807) is 18.4 Å². The van der Waals surface area contributed by atoms with Crippen molar-refractivity contribution in [3.63, 3.8) is 0 Å². The van der Waals surface area contributed by atoms with Gasteiger partial charge in [0.2, 0.25) is 0 Å². The maximum atomic E-state index is 12.5. The number of amides is 1. The molecule has 1 aromatic heterocycles. The Morgan fingerprint density at radius 2 is 1.92 bits per heavy atom. The molecule has 0 bridgehead atoms. The van der Waals surface area contributed by atoms with E-state index in [4.69, 9.17) is 44.3 Å². The molecule has 1 N–H and O–H groups in total. The summed E-state index contributed by atoms with van der Waals surface area (Å²) in [4.78, 5) is 24.5. The SMILES string of the molecule is CCOC(=O)c1c(-c2cc(C)ccc2OC)csc1NC(=O)C(Cl)(Cl)Cl. The number of nitrogens with one attached hydrogen (secondary N) is 1. The fourth-order valence-corrected chi connectivity index (χ4v) is 3.35. The van der Waals surface area contributed by atoms with Gasteiger partial charge in [0.05, 0.1) is 13.7 Å². The highest BCUT2D eigenvalue weighted by atomic mass is 35.6. The van der Waals surface area contributed by atoms with Gasteiger partial charge in [0.1, 0.15) is 16.3 Å². The van der Waals surface area contributed by atoms with Crippen molar-refractivity contribution in [1.29, 1.82) is 0 Å². The normalized spacial score (nSPS) is 11.2. The molecule has 0 atom stereocenters. The summed E-state index contributed by atoms with van der Waals surface area (Å²) in [6.07, 6.45) is 0. The molecule has 0 radical (unpaired) electrons. The van der Waals surface area contributed by atoms with E-state index in [2.05, 4.69) is 5.32 Å². The van der Waals surface area contributed by atoms with E-state index in [1.807, 2.05) is 19.1 Å². The van der Waals surface area contributed by atoms with Crippen LogP contribution in [0.5, 0.6) is 5.75 Å². The summed E-state index contributed by atoms with van der Waals surface area (Å²) in [5, 5.41) is 4.43. The Labute approximate surface area is 170 Å². The largest absolute Gasteiger partial charge is 0.496 e. The lowest BCUT2D eigenvalue weighted by Crippen LogP contribution is -2.27. The first-order chi connectivity index (χ1) is 12.2. The van der Waals surface area contributed by atoms with Gasteiger partial charge >= 0.3 is 5.97 Å². The van der Waals surface area contributed by atoms with Crippen LogP contribution < -0.4 is 10.1 Å². The van der Waals surface area contributed by atoms with Gasteiger partial charge in [0.25, 0.3) is 9.70 Å². The number of thiophene rings is 1. The van der Waals surface area contributed by atoms with E-state index in [0.717, 1.165) is 16.9 Å². The van der Waals surface area contributed by atoms with Gasteiger partial charge in [-0.3, -0.25) is 4.79 Å². The van der Waals surface area contributed by atoms with Crippen molar-refractivity contribution in [3.05, 3.63) is 34.7 Å². The minimum Gasteiger partial charge on any atom is -0.496 e. The highest BCUT2D eigenvalue weighted by molar-refractivity contribution is 7.15. The summed E-state index contributed by atoms with van der Waals surface area (Å²) in [6.45, 7) is 3.79. The molecule has 5 nitrogen and oxygen atoms in total. The number of ether oxygens (including phenoxy) is 2. The number of carbonyl (C=O) groups is 2. The maximum Gasteiger partial charge on any atom is 0.341 e. The average molecular weight is 437 g/mol. The number of hydrogen-bond acceptors (Lipinski definition) is 5. The fourth-order valence-electron chi connectivity index (χ4n) is 2.26. The minimum absolute atomic E-state index is 0.177. The Bertz CT molecular complexity index is 830. The number of alkyl halides is 3. The molecule has 0 aliphatic heterocycles. The van der Waals surface area contributed by atoms with Crippen molar-refractivity contribution < 1.29 is 19.1 Å². The standard InChI is InChI=1S/C17H16Cl3NO4S/c1-4-25-15(22)13-11(10-7-9(2)5-6-12(10)24-3)8-26-14(13)21-16(23)17(18,19)20/h5-8H,4H2,1-3H3,(H,21,23). The monoisotopic (exact) mass is 435 g/mol. The van der Waals surface area contributed by atoms with Crippen LogP contribution in [-0.4, -0.2) is 29.4 Å². The number of carbonyl (C=O) groups excluding carboxylic acids is 2. The molecule has 9 heteroatoms. The first-order valence-electron chi connectivity index (χ1n) is 7.50. The third kappa shape index (κ3) is 4.62. The second-order valence-electron chi connectivity index (χ2n) is 5.23. The Morgan fingerprint density at radius 3 is 2.50 bits per heavy atom. The Balaban J connectivity index is 2.59. The second kappa shape index (κ2) is 8.48. The average Bonchev–Trinajstić information content (AvgIpc) is 2.97. The van der Waals surface area contributed by atoms with Crippen LogP contribution in [0.1, 0.15) is 22.8 Å². The smallest absolute Gasteiger partial charge is 0.341 e. The number of aryl methyl sites for hydroxylation is 1. The van der Waals surface area contributed by atoms with Gasteiger partial charge in [-0.05, 0) is 26.0 Å². The first kappa shape index (κ1) is 20.8. The molecule has 1 aromatic carbocycles. The first-order valence-corrected chi connectivity index (χ1v) is 9.52. The van der Waals surface area contributed by atoms with E-state index in [0.29, 0.717) is 16.9 Å². The Kier molecular flexibility index (Phi) is 6.80. The molecule has 0 aliphatic rings. The van der Waals surface area contributed by atoms with Gasteiger partial charge in [0, 0.05) is 16.5 Å². The molecular weight excluding hydrogens is 421 g/mol. The van der Waals surface area contributed by atoms with E-state index in [9.17, 15) is 9.59 Å².